The molecular formula is C15H7Cl4F2NO3. The van der Waals surface area contributed by atoms with Crippen LogP contribution in [0.4, 0.5) is 14.5 Å². The predicted molar refractivity (Wildman–Crippen MR) is 91.8 cm³/mol. The number of ether oxygens (including phenoxy) is 1. The van der Waals surface area contributed by atoms with Crippen LogP contribution in [0.1, 0.15) is 10.4 Å². The number of hydrogen-bond acceptors (Lipinski definition) is 3. The summed E-state index contributed by atoms with van der Waals surface area (Å²) in [5.74, 6) is -3.93. The van der Waals surface area contributed by atoms with Crippen molar-refractivity contribution >= 4 is 64.0 Å². The molecule has 4 nitrogen and oxygen atoms in total. The van der Waals surface area contributed by atoms with Gasteiger partial charge in [0.25, 0.3) is 5.91 Å². The van der Waals surface area contributed by atoms with Crippen molar-refractivity contribution < 1.29 is 23.1 Å². The van der Waals surface area contributed by atoms with E-state index >= 15 is 0 Å². The lowest BCUT2D eigenvalue weighted by atomic mass is 10.2. The zero-order valence-electron chi connectivity index (χ0n) is 12.0. The van der Waals surface area contributed by atoms with E-state index in [-0.39, 0.29) is 25.8 Å². The van der Waals surface area contributed by atoms with Crippen LogP contribution >= 0.6 is 46.4 Å². The Hall–Kier alpha value is -1.60. The standard InChI is InChI=1S/C15H7Cl4F2NO3/c16-8-4-9(17)13(19)14(12(8)18)22-11(23)5-25-15(24)7-2-1-6(20)3-10(7)21/h1-4H,5H2,(H,22,23). The van der Waals surface area contributed by atoms with E-state index in [0.29, 0.717) is 6.07 Å². The van der Waals surface area contributed by atoms with Gasteiger partial charge in [-0.2, -0.15) is 0 Å². The van der Waals surface area contributed by atoms with Crippen LogP contribution in [0.2, 0.25) is 20.1 Å². The van der Waals surface area contributed by atoms with Crippen molar-refractivity contribution in [1.29, 1.82) is 0 Å². The van der Waals surface area contributed by atoms with Gasteiger partial charge in [0.2, 0.25) is 0 Å². The molecule has 10 heteroatoms. The second-order valence-corrected chi connectivity index (χ2v) is 6.16. The van der Waals surface area contributed by atoms with Crippen LogP contribution in [0, 0.1) is 11.6 Å². The minimum atomic E-state index is -1.14. The van der Waals surface area contributed by atoms with Gasteiger partial charge in [0.1, 0.15) is 11.6 Å². The molecule has 1 N–H and O–H groups in total. The van der Waals surface area contributed by atoms with Gasteiger partial charge in [0.15, 0.2) is 6.61 Å². The van der Waals surface area contributed by atoms with E-state index in [1.165, 1.54) is 6.07 Å². The molecule has 2 aromatic carbocycles. The zero-order valence-corrected chi connectivity index (χ0v) is 15.0. The quantitative estimate of drug-likeness (QED) is 0.525. The smallest absolute Gasteiger partial charge is 0.341 e. The van der Waals surface area contributed by atoms with Crippen molar-refractivity contribution in [3.8, 4) is 0 Å². The highest BCUT2D eigenvalue weighted by Gasteiger charge is 2.19. The predicted octanol–water partition coefficient (Wildman–Crippen LogP) is 5.37. The van der Waals surface area contributed by atoms with E-state index in [1.807, 2.05) is 0 Å². The Morgan fingerprint density at radius 3 is 2.16 bits per heavy atom. The van der Waals surface area contributed by atoms with E-state index in [4.69, 9.17) is 46.4 Å². The number of amides is 1. The minimum absolute atomic E-state index is 0.0525. The van der Waals surface area contributed by atoms with Crippen LogP contribution < -0.4 is 5.32 Å². The van der Waals surface area contributed by atoms with E-state index in [1.54, 1.807) is 0 Å². The molecule has 0 aliphatic rings. The zero-order chi connectivity index (χ0) is 18.7. The summed E-state index contributed by atoms with van der Waals surface area (Å²) in [6.07, 6.45) is 0. The van der Waals surface area contributed by atoms with Crippen LogP contribution in [-0.2, 0) is 9.53 Å². The maximum atomic E-state index is 13.5. The monoisotopic (exact) mass is 427 g/mol. The number of carbonyl (C=O) groups is 2. The molecule has 1 amide bonds. The van der Waals surface area contributed by atoms with Crippen molar-refractivity contribution in [3.63, 3.8) is 0 Å². The molecule has 2 rings (SSSR count). The molecule has 0 aromatic heterocycles. The second-order valence-electron chi connectivity index (χ2n) is 4.59. The molecule has 0 spiro atoms. The fourth-order valence-electron chi connectivity index (χ4n) is 1.72. The summed E-state index contributed by atoms with van der Waals surface area (Å²) in [4.78, 5) is 23.6. The van der Waals surface area contributed by atoms with E-state index < -0.39 is 35.7 Å². The van der Waals surface area contributed by atoms with Crippen molar-refractivity contribution in [2.75, 3.05) is 11.9 Å². The molecule has 0 bridgehead atoms. The van der Waals surface area contributed by atoms with Crippen molar-refractivity contribution in [1.82, 2.24) is 0 Å². The van der Waals surface area contributed by atoms with Gasteiger partial charge < -0.3 is 10.1 Å². The topological polar surface area (TPSA) is 55.4 Å². The molecule has 0 atom stereocenters. The summed E-state index contributed by atoms with van der Waals surface area (Å²) in [7, 11) is 0. The third kappa shape index (κ3) is 4.73. The Bertz CT molecular complexity index is 835. The summed E-state index contributed by atoms with van der Waals surface area (Å²) in [5.41, 5.74) is -0.578. The van der Waals surface area contributed by atoms with Crippen LogP contribution in [0.15, 0.2) is 24.3 Å². The number of halogens is 6. The fourth-order valence-corrected chi connectivity index (χ4v) is 2.63. The highest BCUT2D eigenvalue weighted by atomic mass is 35.5. The first-order valence-electron chi connectivity index (χ1n) is 6.45. The van der Waals surface area contributed by atoms with Gasteiger partial charge in [-0.05, 0) is 18.2 Å². The number of nitrogens with one attached hydrogen (secondary N) is 1. The largest absolute Gasteiger partial charge is 0.452 e. The van der Waals surface area contributed by atoms with Crippen LogP contribution in [-0.4, -0.2) is 18.5 Å². The Labute approximate surface area is 160 Å². The Balaban J connectivity index is 2.05. The fraction of sp³-hybridized carbons (Fsp3) is 0.0667. The summed E-state index contributed by atoms with van der Waals surface area (Å²) >= 11 is 23.5. The van der Waals surface area contributed by atoms with Crippen molar-refractivity contribution in [2.45, 2.75) is 0 Å². The maximum absolute atomic E-state index is 13.5. The lowest BCUT2D eigenvalue weighted by molar-refractivity contribution is -0.119. The number of carbonyl (C=O) groups excluding carboxylic acids is 2. The lowest BCUT2D eigenvalue weighted by Gasteiger charge is -2.12. The first-order chi connectivity index (χ1) is 11.7. The molecule has 0 radical (unpaired) electrons. The first-order valence-corrected chi connectivity index (χ1v) is 7.97. The molecule has 0 saturated heterocycles. The second kappa shape index (κ2) is 8.19. The molecule has 0 saturated carbocycles. The van der Waals surface area contributed by atoms with Crippen molar-refractivity contribution in [2.24, 2.45) is 0 Å². The number of hydrogen-bond donors (Lipinski definition) is 1. The highest BCUT2D eigenvalue weighted by molar-refractivity contribution is 6.50. The molecule has 0 aliphatic heterocycles. The molecule has 132 valence electrons. The van der Waals surface area contributed by atoms with E-state index in [9.17, 15) is 18.4 Å². The van der Waals surface area contributed by atoms with Gasteiger partial charge in [-0.3, -0.25) is 4.79 Å². The highest BCUT2D eigenvalue weighted by Crippen LogP contribution is 2.40. The summed E-state index contributed by atoms with van der Waals surface area (Å²) in [6.45, 7) is -0.771. The molecule has 0 unspecified atom stereocenters. The number of benzene rings is 2. The number of anilines is 1. The molecule has 0 heterocycles. The molecular weight excluding hydrogens is 422 g/mol. The van der Waals surface area contributed by atoms with Crippen molar-refractivity contribution in [3.05, 3.63) is 61.6 Å². The summed E-state index contributed by atoms with van der Waals surface area (Å²) in [5, 5.41) is 2.28. The average Bonchev–Trinajstić information content (AvgIpc) is 2.54. The molecule has 25 heavy (non-hydrogen) atoms. The third-order valence-corrected chi connectivity index (χ3v) is 4.44. The minimum Gasteiger partial charge on any atom is -0.452 e. The van der Waals surface area contributed by atoms with Crippen LogP contribution in [0.3, 0.4) is 0 Å². The van der Waals surface area contributed by atoms with Gasteiger partial charge >= 0.3 is 5.97 Å². The first kappa shape index (κ1) is 19.7. The van der Waals surface area contributed by atoms with Gasteiger partial charge in [-0.15, -0.1) is 0 Å². The maximum Gasteiger partial charge on any atom is 0.341 e. The number of esters is 1. The molecule has 2 aromatic rings. The summed E-state index contributed by atoms with van der Waals surface area (Å²) < 4.78 is 30.9. The Morgan fingerprint density at radius 1 is 1.00 bits per heavy atom. The van der Waals surface area contributed by atoms with Crippen LogP contribution in [0.25, 0.3) is 0 Å². The lowest BCUT2D eigenvalue weighted by Crippen LogP contribution is -2.21. The van der Waals surface area contributed by atoms with Gasteiger partial charge in [-0.25, -0.2) is 13.6 Å². The van der Waals surface area contributed by atoms with Crippen LogP contribution in [0.5, 0.6) is 0 Å². The Kier molecular flexibility index (Phi) is 6.46. The summed E-state index contributed by atoms with van der Waals surface area (Å²) in [6, 6.07) is 3.59. The van der Waals surface area contributed by atoms with Gasteiger partial charge in [0, 0.05) is 6.07 Å². The normalized spacial score (nSPS) is 10.5. The van der Waals surface area contributed by atoms with Gasteiger partial charge in [-0.1, -0.05) is 46.4 Å². The van der Waals surface area contributed by atoms with E-state index in [0.717, 1.165) is 12.1 Å². The van der Waals surface area contributed by atoms with E-state index in [2.05, 4.69) is 10.1 Å². The number of rotatable bonds is 4. The molecule has 0 fully saturated rings. The molecule has 0 aliphatic carbocycles. The SMILES string of the molecule is O=C(COC(=O)c1ccc(F)cc1F)Nc1c(Cl)c(Cl)cc(Cl)c1Cl. The Morgan fingerprint density at radius 2 is 1.60 bits per heavy atom. The van der Waals surface area contributed by atoms with Gasteiger partial charge in [0.05, 0.1) is 31.3 Å². The third-order valence-electron chi connectivity index (χ3n) is 2.86. The average molecular weight is 429 g/mol.